The number of amides is 2. The van der Waals surface area contributed by atoms with Crippen LogP contribution in [0.2, 0.25) is 0 Å². The summed E-state index contributed by atoms with van der Waals surface area (Å²) in [5.74, 6) is 0.253. The van der Waals surface area contributed by atoms with Gasteiger partial charge in [0.25, 0.3) is 0 Å². The maximum atomic E-state index is 12.1. The Morgan fingerprint density at radius 2 is 2.09 bits per heavy atom. The van der Waals surface area contributed by atoms with Gasteiger partial charge < -0.3 is 19.7 Å². The lowest BCUT2D eigenvalue weighted by atomic mass is 10.00. The number of nitrogens with zero attached hydrogens (tertiary/aromatic N) is 2. The summed E-state index contributed by atoms with van der Waals surface area (Å²) in [4.78, 5) is 29.4. The number of ether oxygens (including phenoxy) is 2. The van der Waals surface area contributed by atoms with Crippen LogP contribution in [0.4, 0.5) is 4.79 Å². The smallest absolute Gasteiger partial charge is 0.410 e. The molecule has 1 saturated heterocycles. The van der Waals surface area contributed by atoms with E-state index >= 15 is 0 Å². The van der Waals surface area contributed by atoms with E-state index in [4.69, 9.17) is 9.47 Å². The Bertz CT molecular complexity index is 577. The first kappa shape index (κ1) is 17.1. The summed E-state index contributed by atoms with van der Waals surface area (Å²) in [5, 5.41) is 2.86. The summed E-state index contributed by atoms with van der Waals surface area (Å²) in [6.07, 6.45) is 1.26. The highest BCUT2D eigenvalue weighted by Gasteiger charge is 2.37. The molecule has 1 aliphatic rings. The third kappa shape index (κ3) is 4.84. The molecule has 0 atom stereocenters. The molecule has 0 saturated carbocycles. The van der Waals surface area contributed by atoms with Crippen LogP contribution in [0.5, 0.6) is 5.88 Å². The topological polar surface area (TPSA) is 80.8 Å². The first-order chi connectivity index (χ1) is 10.8. The Balaban J connectivity index is 1.75. The number of aromatic nitrogens is 1. The fourth-order valence-electron chi connectivity index (χ4n) is 2.13. The molecule has 1 aromatic rings. The van der Waals surface area contributed by atoms with E-state index in [0.717, 1.165) is 5.56 Å². The molecule has 0 bridgehead atoms. The normalized spacial score (nSPS) is 14.9. The van der Waals surface area contributed by atoms with Gasteiger partial charge in [0.05, 0.1) is 13.0 Å². The molecule has 0 aliphatic carbocycles. The number of carbonyl (C=O) groups excluding carboxylic acids is 2. The Hall–Kier alpha value is -2.31. The molecule has 0 spiro atoms. The lowest BCUT2D eigenvalue weighted by Gasteiger charge is -2.38. The van der Waals surface area contributed by atoms with E-state index in [2.05, 4.69) is 10.3 Å². The lowest BCUT2D eigenvalue weighted by Crippen LogP contribution is -2.56. The van der Waals surface area contributed by atoms with Gasteiger partial charge in [-0.05, 0) is 32.4 Å². The minimum absolute atomic E-state index is 0.0689. The highest BCUT2D eigenvalue weighted by molar-refractivity contribution is 5.82. The number of hydrogen-bond acceptors (Lipinski definition) is 5. The van der Waals surface area contributed by atoms with E-state index in [1.807, 2.05) is 26.8 Å². The number of methoxy groups -OCH3 is 1. The van der Waals surface area contributed by atoms with Crippen molar-refractivity contribution < 1.29 is 19.1 Å². The molecule has 1 N–H and O–H groups in total. The quantitative estimate of drug-likeness (QED) is 0.910. The van der Waals surface area contributed by atoms with E-state index in [1.54, 1.807) is 19.4 Å². The zero-order chi connectivity index (χ0) is 17.0. The molecule has 7 heteroatoms. The van der Waals surface area contributed by atoms with Crippen LogP contribution in [0, 0.1) is 5.92 Å². The molecule has 1 aromatic heterocycles. The Morgan fingerprint density at radius 3 is 2.70 bits per heavy atom. The summed E-state index contributed by atoms with van der Waals surface area (Å²) < 4.78 is 10.3. The molecular formula is C16H23N3O4. The third-order valence-corrected chi connectivity index (χ3v) is 3.38. The summed E-state index contributed by atoms with van der Waals surface area (Å²) in [7, 11) is 1.55. The fourth-order valence-corrected chi connectivity index (χ4v) is 2.13. The van der Waals surface area contributed by atoms with Gasteiger partial charge in [0.1, 0.15) is 5.60 Å². The largest absolute Gasteiger partial charge is 0.481 e. The minimum atomic E-state index is -0.523. The monoisotopic (exact) mass is 321 g/mol. The summed E-state index contributed by atoms with van der Waals surface area (Å²) in [6.45, 7) is 6.63. The third-order valence-electron chi connectivity index (χ3n) is 3.38. The first-order valence-electron chi connectivity index (χ1n) is 7.53. The van der Waals surface area contributed by atoms with Gasteiger partial charge in [0.15, 0.2) is 0 Å². The molecule has 126 valence electrons. The van der Waals surface area contributed by atoms with Crippen molar-refractivity contribution >= 4 is 12.0 Å². The standard InChI is InChI=1S/C16H23N3O4/c1-16(2,3)23-15(21)19-9-12(10-19)14(20)18-8-11-5-6-17-13(7-11)22-4/h5-7,12H,8-10H2,1-4H3,(H,18,20). The van der Waals surface area contributed by atoms with E-state index < -0.39 is 5.60 Å². The van der Waals surface area contributed by atoms with E-state index in [-0.39, 0.29) is 17.9 Å². The average Bonchev–Trinajstić information content (AvgIpc) is 2.41. The van der Waals surface area contributed by atoms with Crippen molar-refractivity contribution in [2.75, 3.05) is 20.2 Å². The Labute approximate surface area is 136 Å². The number of pyridine rings is 1. The molecule has 1 aliphatic heterocycles. The van der Waals surface area contributed by atoms with Crippen molar-refractivity contribution in [2.24, 2.45) is 5.92 Å². The zero-order valence-corrected chi connectivity index (χ0v) is 14.0. The van der Waals surface area contributed by atoms with Crippen molar-refractivity contribution in [3.63, 3.8) is 0 Å². The van der Waals surface area contributed by atoms with Gasteiger partial charge in [-0.1, -0.05) is 0 Å². The van der Waals surface area contributed by atoms with Crippen LogP contribution in [0.15, 0.2) is 18.3 Å². The van der Waals surface area contributed by atoms with Crippen LogP contribution in [-0.4, -0.2) is 47.7 Å². The van der Waals surface area contributed by atoms with Crippen molar-refractivity contribution in [2.45, 2.75) is 32.9 Å². The molecular weight excluding hydrogens is 298 g/mol. The predicted octanol–water partition coefficient (Wildman–Crippen LogP) is 1.57. The molecule has 2 heterocycles. The Kier molecular flexibility index (Phi) is 5.08. The lowest BCUT2D eigenvalue weighted by molar-refractivity contribution is -0.129. The van der Waals surface area contributed by atoms with Crippen molar-refractivity contribution in [3.05, 3.63) is 23.9 Å². The minimum Gasteiger partial charge on any atom is -0.481 e. The first-order valence-corrected chi connectivity index (χ1v) is 7.53. The second-order valence-electron chi connectivity index (χ2n) is 6.51. The number of hydrogen-bond donors (Lipinski definition) is 1. The van der Waals surface area contributed by atoms with Crippen molar-refractivity contribution in [3.8, 4) is 5.88 Å². The maximum Gasteiger partial charge on any atom is 0.410 e. The molecule has 2 amide bonds. The summed E-state index contributed by atoms with van der Waals surface area (Å²) >= 11 is 0. The molecule has 0 unspecified atom stereocenters. The van der Waals surface area contributed by atoms with Crippen LogP contribution in [0.1, 0.15) is 26.3 Å². The van der Waals surface area contributed by atoms with Gasteiger partial charge in [-0.2, -0.15) is 0 Å². The van der Waals surface area contributed by atoms with Gasteiger partial charge in [-0.15, -0.1) is 0 Å². The number of rotatable bonds is 4. The van der Waals surface area contributed by atoms with Crippen LogP contribution in [0.25, 0.3) is 0 Å². The van der Waals surface area contributed by atoms with Gasteiger partial charge in [0.2, 0.25) is 11.8 Å². The molecule has 0 aromatic carbocycles. The summed E-state index contributed by atoms with van der Waals surface area (Å²) in [5.41, 5.74) is 0.388. The van der Waals surface area contributed by atoms with Crippen LogP contribution in [0.3, 0.4) is 0 Å². The number of likely N-dealkylation sites (tertiary alicyclic amines) is 1. The highest BCUT2D eigenvalue weighted by atomic mass is 16.6. The van der Waals surface area contributed by atoms with Crippen LogP contribution < -0.4 is 10.1 Å². The molecule has 7 nitrogen and oxygen atoms in total. The number of carbonyl (C=O) groups is 2. The van der Waals surface area contributed by atoms with Gasteiger partial charge in [-0.25, -0.2) is 9.78 Å². The van der Waals surface area contributed by atoms with Crippen LogP contribution >= 0.6 is 0 Å². The molecule has 1 fully saturated rings. The van der Waals surface area contributed by atoms with Crippen molar-refractivity contribution in [1.82, 2.24) is 15.2 Å². The van der Waals surface area contributed by atoms with Crippen molar-refractivity contribution in [1.29, 1.82) is 0 Å². The second-order valence-corrected chi connectivity index (χ2v) is 6.51. The molecule has 23 heavy (non-hydrogen) atoms. The SMILES string of the molecule is COc1cc(CNC(=O)C2CN(C(=O)OC(C)(C)C)C2)ccn1. The zero-order valence-electron chi connectivity index (χ0n) is 14.0. The van der Waals surface area contributed by atoms with E-state index in [0.29, 0.717) is 25.5 Å². The highest BCUT2D eigenvalue weighted by Crippen LogP contribution is 2.20. The van der Waals surface area contributed by atoms with Gasteiger partial charge in [0, 0.05) is 31.9 Å². The Morgan fingerprint density at radius 1 is 1.39 bits per heavy atom. The second kappa shape index (κ2) is 6.85. The fraction of sp³-hybridized carbons (Fsp3) is 0.562. The average molecular weight is 321 g/mol. The van der Waals surface area contributed by atoms with Gasteiger partial charge >= 0.3 is 6.09 Å². The predicted molar refractivity (Wildman–Crippen MR) is 83.9 cm³/mol. The number of nitrogens with one attached hydrogen (secondary N) is 1. The maximum absolute atomic E-state index is 12.1. The van der Waals surface area contributed by atoms with Crippen LogP contribution in [-0.2, 0) is 16.1 Å². The van der Waals surface area contributed by atoms with E-state index in [1.165, 1.54) is 4.90 Å². The summed E-state index contributed by atoms with van der Waals surface area (Å²) in [6, 6.07) is 3.59. The molecule has 0 radical (unpaired) electrons. The van der Waals surface area contributed by atoms with Gasteiger partial charge in [-0.3, -0.25) is 4.79 Å². The van der Waals surface area contributed by atoms with E-state index in [9.17, 15) is 9.59 Å². The molecule has 2 rings (SSSR count).